The molecule has 2 heterocycles. The molecule has 35 heavy (non-hydrogen) atoms. The van der Waals surface area contributed by atoms with Crippen LogP contribution in [0.25, 0.3) is 5.76 Å². The van der Waals surface area contributed by atoms with Crippen molar-refractivity contribution in [3.8, 4) is 5.75 Å². The van der Waals surface area contributed by atoms with Crippen molar-refractivity contribution in [2.24, 2.45) is 0 Å². The topological polar surface area (TPSA) is 83.2 Å². The number of rotatable bonds is 6. The van der Waals surface area contributed by atoms with Crippen LogP contribution in [0.4, 0.5) is 11.4 Å². The number of hydrogen-bond acceptors (Lipinski definition) is 6. The molecule has 1 saturated heterocycles. The van der Waals surface area contributed by atoms with Gasteiger partial charge < -0.3 is 19.2 Å². The number of aliphatic hydroxyl groups is 1. The van der Waals surface area contributed by atoms with E-state index in [2.05, 4.69) is 0 Å². The van der Waals surface area contributed by atoms with Crippen LogP contribution < -0.4 is 14.5 Å². The molecule has 0 spiro atoms. The zero-order valence-corrected chi connectivity index (χ0v) is 20.8. The van der Waals surface area contributed by atoms with E-state index >= 15 is 0 Å². The van der Waals surface area contributed by atoms with Gasteiger partial charge in [0.05, 0.1) is 18.9 Å². The van der Waals surface area contributed by atoms with Crippen molar-refractivity contribution >= 4 is 28.8 Å². The number of carbonyl (C=O) groups is 2. The molecule has 4 rings (SSSR count). The number of ether oxygens (including phenoxy) is 1. The second-order valence-corrected chi connectivity index (χ2v) is 9.16. The van der Waals surface area contributed by atoms with Gasteiger partial charge in [-0.15, -0.1) is 0 Å². The molecule has 7 heteroatoms. The van der Waals surface area contributed by atoms with E-state index in [0.29, 0.717) is 22.8 Å². The van der Waals surface area contributed by atoms with E-state index in [1.807, 2.05) is 64.0 Å². The standard InChI is InChI=1S/C28H30N2O5/c1-16(2)20-15-21(17(3)14-23(20)34-6)26(31)24-25(22-8-7-13-35-22)30(28(33)27(24)32)19-11-9-18(10-12-19)29(4)5/h7-16,25,31H,1-6H3/b26-24+. The fourth-order valence-corrected chi connectivity index (χ4v) is 4.45. The first kappa shape index (κ1) is 24.1. The summed E-state index contributed by atoms with van der Waals surface area (Å²) in [5, 5.41) is 11.5. The molecule has 7 nitrogen and oxygen atoms in total. The van der Waals surface area contributed by atoms with E-state index in [0.717, 1.165) is 16.8 Å². The van der Waals surface area contributed by atoms with Gasteiger partial charge in [0.1, 0.15) is 23.3 Å². The first-order chi connectivity index (χ1) is 16.6. The summed E-state index contributed by atoms with van der Waals surface area (Å²) in [6, 6.07) is 13.5. The molecule has 1 fully saturated rings. The largest absolute Gasteiger partial charge is 0.507 e. The summed E-state index contributed by atoms with van der Waals surface area (Å²) in [6.07, 6.45) is 1.49. The van der Waals surface area contributed by atoms with E-state index in [-0.39, 0.29) is 17.3 Å². The van der Waals surface area contributed by atoms with Crippen LogP contribution >= 0.6 is 0 Å². The molecule has 1 atom stereocenters. The number of aliphatic hydroxyl groups excluding tert-OH is 1. The Kier molecular flexibility index (Phi) is 6.43. The maximum atomic E-state index is 13.4. The Morgan fingerprint density at radius 1 is 1.11 bits per heavy atom. The Bertz CT molecular complexity index is 1290. The van der Waals surface area contributed by atoms with E-state index in [1.165, 1.54) is 11.2 Å². The van der Waals surface area contributed by atoms with Crippen LogP contribution in [0, 0.1) is 6.92 Å². The average Bonchev–Trinajstić information content (AvgIpc) is 3.45. The lowest BCUT2D eigenvalue weighted by molar-refractivity contribution is -0.132. The minimum Gasteiger partial charge on any atom is -0.507 e. The number of furan rings is 1. The van der Waals surface area contributed by atoms with Gasteiger partial charge in [0.15, 0.2) is 0 Å². The van der Waals surface area contributed by atoms with E-state index in [4.69, 9.17) is 9.15 Å². The minimum atomic E-state index is -0.904. The monoisotopic (exact) mass is 474 g/mol. The highest BCUT2D eigenvalue weighted by Gasteiger charge is 2.48. The van der Waals surface area contributed by atoms with Gasteiger partial charge in [-0.1, -0.05) is 13.8 Å². The summed E-state index contributed by atoms with van der Waals surface area (Å²) in [4.78, 5) is 30.0. The summed E-state index contributed by atoms with van der Waals surface area (Å²) >= 11 is 0. The molecule has 1 amide bonds. The van der Waals surface area contributed by atoms with Crippen molar-refractivity contribution in [1.82, 2.24) is 0 Å². The number of anilines is 2. The lowest BCUT2D eigenvalue weighted by Crippen LogP contribution is -2.29. The van der Waals surface area contributed by atoms with Gasteiger partial charge in [-0.3, -0.25) is 14.5 Å². The number of ketones is 1. The number of amides is 1. The third kappa shape index (κ3) is 4.18. The van der Waals surface area contributed by atoms with Gasteiger partial charge in [0.2, 0.25) is 0 Å². The number of hydrogen-bond donors (Lipinski definition) is 1. The molecule has 0 aliphatic carbocycles. The fraction of sp³-hybridized carbons (Fsp3) is 0.286. The molecule has 2 aromatic carbocycles. The number of Topliss-reactive ketones (excluding diaryl/α,β-unsaturated/α-hetero) is 1. The van der Waals surface area contributed by atoms with Gasteiger partial charge in [0.25, 0.3) is 11.7 Å². The predicted molar refractivity (Wildman–Crippen MR) is 136 cm³/mol. The molecular weight excluding hydrogens is 444 g/mol. The van der Waals surface area contributed by atoms with Gasteiger partial charge in [-0.2, -0.15) is 0 Å². The molecule has 1 aliphatic rings. The van der Waals surface area contributed by atoms with Gasteiger partial charge in [-0.05, 0) is 72.5 Å². The number of nitrogens with zero attached hydrogens (tertiary/aromatic N) is 2. The summed E-state index contributed by atoms with van der Waals surface area (Å²) in [7, 11) is 5.45. The maximum absolute atomic E-state index is 13.4. The molecule has 0 bridgehead atoms. The highest BCUT2D eigenvalue weighted by atomic mass is 16.5. The zero-order valence-electron chi connectivity index (χ0n) is 20.8. The van der Waals surface area contributed by atoms with Crippen molar-refractivity contribution in [1.29, 1.82) is 0 Å². The highest BCUT2D eigenvalue weighted by molar-refractivity contribution is 6.51. The fourth-order valence-electron chi connectivity index (χ4n) is 4.45. The molecule has 0 saturated carbocycles. The Morgan fingerprint density at radius 2 is 1.80 bits per heavy atom. The number of benzene rings is 2. The van der Waals surface area contributed by atoms with Crippen molar-refractivity contribution in [2.45, 2.75) is 32.7 Å². The van der Waals surface area contributed by atoms with Crippen LogP contribution in [-0.2, 0) is 9.59 Å². The third-order valence-corrected chi connectivity index (χ3v) is 6.36. The smallest absolute Gasteiger partial charge is 0.300 e. The van der Waals surface area contributed by atoms with Crippen molar-refractivity contribution in [2.75, 3.05) is 31.0 Å². The Morgan fingerprint density at radius 3 is 2.34 bits per heavy atom. The normalized spacial score (nSPS) is 17.3. The average molecular weight is 475 g/mol. The van der Waals surface area contributed by atoms with Crippen LogP contribution in [0.1, 0.15) is 48.3 Å². The maximum Gasteiger partial charge on any atom is 0.300 e. The van der Waals surface area contributed by atoms with Gasteiger partial charge in [0, 0.05) is 31.0 Å². The SMILES string of the molecule is COc1cc(C)c(/C(O)=C2\C(=O)C(=O)N(c3ccc(N(C)C)cc3)C2c2ccco2)cc1C(C)C. The Labute approximate surface area is 205 Å². The summed E-state index contributed by atoms with van der Waals surface area (Å²) in [5.74, 6) is -0.506. The van der Waals surface area contributed by atoms with E-state index < -0.39 is 17.7 Å². The minimum absolute atomic E-state index is 0.00962. The van der Waals surface area contributed by atoms with Crippen LogP contribution in [-0.4, -0.2) is 38.0 Å². The summed E-state index contributed by atoms with van der Waals surface area (Å²) < 4.78 is 11.2. The summed E-state index contributed by atoms with van der Waals surface area (Å²) in [5.41, 5.74) is 3.57. The van der Waals surface area contributed by atoms with Gasteiger partial charge >= 0.3 is 0 Å². The number of aryl methyl sites for hydroxylation is 1. The molecular formula is C28H30N2O5. The first-order valence-corrected chi connectivity index (χ1v) is 11.5. The summed E-state index contributed by atoms with van der Waals surface area (Å²) in [6.45, 7) is 5.88. The second kappa shape index (κ2) is 9.33. The van der Waals surface area contributed by atoms with Crippen LogP contribution in [0.15, 0.2) is 64.8 Å². The molecule has 0 radical (unpaired) electrons. The zero-order chi connectivity index (χ0) is 25.4. The molecule has 1 aromatic heterocycles. The Balaban J connectivity index is 1.92. The number of methoxy groups -OCH3 is 1. The van der Waals surface area contributed by atoms with Crippen molar-refractivity contribution in [3.05, 3.63) is 82.8 Å². The highest BCUT2D eigenvalue weighted by Crippen LogP contribution is 2.43. The van der Waals surface area contributed by atoms with Crippen molar-refractivity contribution < 1.29 is 23.8 Å². The van der Waals surface area contributed by atoms with E-state index in [1.54, 1.807) is 31.4 Å². The lowest BCUT2D eigenvalue weighted by Gasteiger charge is -2.24. The van der Waals surface area contributed by atoms with Crippen LogP contribution in [0.2, 0.25) is 0 Å². The Hall–Kier alpha value is -4.00. The van der Waals surface area contributed by atoms with Crippen LogP contribution in [0.5, 0.6) is 5.75 Å². The third-order valence-electron chi connectivity index (χ3n) is 6.36. The molecule has 1 N–H and O–H groups in total. The molecule has 3 aromatic rings. The molecule has 1 unspecified atom stereocenters. The first-order valence-electron chi connectivity index (χ1n) is 11.5. The second-order valence-electron chi connectivity index (χ2n) is 9.16. The molecule has 182 valence electrons. The molecule has 1 aliphatic heterocycles. The van der Waals surface area contributed by atoms with Gasteiger partial charge in [-0.25, -0.2) is 0 Å². The predicted octanol–water partition coefficient (Wildman–Crippen LogP) is 5.41. The van der Waals surface area contributed by atoms with E-state index in [9.17, 15) is 14.7 Å². The lowest BCUT2D eigenvalue weighted by atomic mass is 9.92. The van der Waals surface area contributed by atoms with Crippen molar-refractivity contribution in [3.63, 3.8) is 0 Å². The van der Waals surface area contributed by atoms with Crippen LogP contribution in [0.3, 0.4) is 0 Å². The number of carbonyl (C=O) groups excluding carboxylic acids is 2. The quantitative estimate of drug-likeness (QED) is 0.292.